The van der Waals surface area contributed by atoms with E-state index in [1.165, 1.54) is 25.7 Å². The molecule has 1 heterocycles. The van der Waals surface area contributed by atoms with E-state index < -0.39 is 0 Å². The highest BCUT2D eigenvalue weighted by Gasteiger charge is 2.20. The molecule has 1 aliphatic heterocycles. The third-order valence-corrected chi connectivity index (χ3v) is 4.05. The fraction of sp³-hybridized carbons (Fsp3) is 0.786. The van der Waals surface area contributed by atoms with Crippen LogP contribution in [0.1, 0.15) is 51.9 Å². The van der Waals surface area contributed by atoms with Crippen LogP contribution in [0.3, 0.4) is 0 Å². The molecule has 2 atom stereocenters. The largest absolute Gasteiger partial charge is 0.351 e. The topological polar surface area (TPSA) is 70.6 Å². The molecule has 19 heavy (non-hydrogen) atoms. The van der Waals surface area contributed by atoms with Crippen LogP contribution >= 0.6 is 0 Å². The Kier molecular flexibility index (Phi) is 4.93. The molecule has 2 amide bonds. The number of carbonyl (C=O) groups is 2. The number of carbonyl (C=O) groups excluding carboxylic acids is 2. The van der Waals surface area contributed by atoms with Gasteiger partial charge >= 0.3 is 0 Å². The normalized spacial score (nSPS) is 27.4. The molecule has 0 bridgehead atoms. The number of amides is 2. The molecule has 5 nitrogen and oxygen atoms in total. The Bertz CT molecular complexity index is 379. The Labute approximate surface area is 114 Å². The number of hydrogen-bond donors (Lipinski definition) is 2. The summed E-state index contributed by atoms with van der Waals surface area (Å²) in [6, 6.07) is 0. The smallest absolute Gasteiger partial charge is 0.267 e. The van der Waals surface area contributed by atoms with Crippen LogP contribution in [0, 0.1) is 11.8 Å². The SMILES string of the molecule is CC1CCCC(CCNC(=O)C2=NNC(=O)CC2)C1. The second kappa shape index (κ2) is 6.68. The van der Waals surface area contributed by atoms with Gasteiger partial charge in [-0.15, -0.1) is 0 Å². The Balaban J connectivity index is 1.68. The molecule has 0 saturated heterocycles. The van der Waals surface area contributed by atoms with Crippen molar-refractivity contribution in [3.63, 3.8) is 0 Å². The number of nitrogens with zero attached hydrogens (tertiary/aromatic N) is 1. The van der Waals surface area contributed by atoms with Crippen molar-refractivity contribution >= 4 is 17.5 Å². The highest BCUT2D eigenvalue weighted by Crippen LogP contribution is 2.30. The first-order chi connectivity index (χ1) is 9.15. The van der Waals surface area contributed by atoms with Crippen molar-refractivity contribution in [2.75, 3.05) is 6.54 Å². The van der Waals surface area contributed by atoms with Crippen molar-refractivity contribution in [3.05, 3.63) is 0 Å². The van der Waals surface area contributed by atoms with Crippen LogP contribution in [0.15, 0.2) is 5.10 Å². The van der Waals surface area contributed by atoms with E-state index >= 15 is 0 Å². The minimum atomic E-state index is -0.135. The van der Waals surface area contributed by atoms with Crippen LogP contribution in [0.25, 0.3) is 0 Å². The zero-order valence-corrected chi connectivity index (χ0v) is 11.6. The van der Waals surface area contributed by atoms with Gasteiger partial charge in [-0.1, -0.05) is 26.2 Å². The summed E-state index contributed by atoms with van der Waals surface area (Å²) in [7, 11) is 0. The standard InChI is InChI=1S/C14H23N3O2/c1-10-3-2-4-11(9-10)7-8-15-14(19)12-5-6-13(18)17-16-12/h10-11H,2-9H2,1H3,(H,15,19)(H,17,18). The zero-order valence-electron chi connectivity index (χ0n) is 11.6. The van der Waals surface area contributed by atoms with Gasteiger partial charge in [0.2, 0.25) is 5.91 Å². The predicted molar refractivity (Wildman–Crippen MR) is 73.6 cm³/mol. The maximum absolute atomic E-state index is 11.8. The highest BCUT2D eigenvalue weighted by atomic mass is 16.2. The monoisotopic (exact) mass is 265 g/mol. The number of nitrogens with one attached hydrogen (secondary N) is 2. The molecule has 5 heteroatoms. The summed E-state index contributed by atoms with van der Waals surface area (Å²) >= 11 is 0. The van der Waals surface area contributed by atoms with Gasteiger partial charge in [0.05, 0.1) is 0 Å². The van der Waals surface area contributed by atoms with E-state index in [1.807, 2.05) is 0 Å². The maximum atomic E-state index is 11.8. The fourth-order valence-corrected chi connectivity index (χ4v) is 2.95. The Morgan fingerprint density at radius 1 is 1.42 bits per heavy atom. The lowest BCUT2D eigenvalue weighted by Crippen LogP contribution is -2.37. The Morgan fingerprint density at radius 3 is 2.95 bits per heavy atom. The molecular weight excluding hydrogens is 242 g/mol. The van der Waals surface area contributed by atoms with Gasteiger partial charge in [-0.05, 0) is 24.7 Å². The minimum Gasteiger partial charge on any atom is -0.351 e. The van der Waals surface area contributed by atoms with E-state index in [9.17, 15) is 9.59 Å². The summed E-state index contributed by atoms with van der Waals surface area (Å²) in [5.41, 5.74) is 2.79. The van der Waals surface area contributed by atoms with Crippen LogP contribution < -0.4 is 10.7 Å². The summed E-state index contributed by atoms with van der Waals surface area (Å²) in [5.74, 6) is 1.32. The van der Waals surface area contributed by atoms with Crippen molar-refractivity contribution < 1.29 is 9.59 Å². The first kappa shape index (κ1) is 14.0. The van der Waals surface area contributed by atoms with Crippen molar-refractivity contribution in [2.45, 2.75) is 51.9 Å². The maximum Gasteiger partial charge on any atom is 0.267 e. The summed E-state index contributed by atoms with van der Waals surface area (Å²) < 4.78 is 0. The van der Waals surface area contributed by atoms with E-state index in [0.29, 0.717) is 25.1 Å². The second-order valence-electron chi connectivity index (χ2n) is 5.78. The van der Waals surface area contributed by atoms with Gasteiger partial charge in [-0.2, -0.15) is 5.10 Å². The third-order valence-electron chi connectivity index (χ3n) is 4.05. The van der Waals surface area contributed by atoms with Gasteiger partial charge in [0, 0.05) is 19.4 Å². The van der Waals surface area contributed by atoms with Crippen LogP contribution in [-0.4, -0.2) is 24.1 Å². The van der Waals surface area contributed by atoms with Crippen molar-refractivity contribution in [3.8, 4) is 0 Å². The van der Waals surface area contributed by atoms with E-state index in [4.69, 9.17) is 0 Å². The molecule has 106 valence electrons. The lowest BCUT2D eigenvalue weighted by atomic mass is 9.81. The molecule has 1 saturated carbocycles. The molecule has 0 aromatic heterocycles. The number of hydrazone groups is 1. The fourth-order valence-electron chi connectivity index (χ4n) is 2.95. The van der Waals surface area contributed by atoms with Crippen molar-refractivity contribution in [1.29, 1.82) is 0 Å². The molecule has 0 spiro atoms. The van der Waals surface area contributed by atoms with Gasteiger partial charge in [0.15, 0.2) is 0 Å². The molecule has 0 aromatic rings. The van der Waals surface area contributed by atoms with E-state index in [-0.39, 0.29) is 11.8 Å². The molecule has 2 rings (SSSR count). The Hall–Kier alpha value is -1.39. The van der Waals surface area contributed by atoms with Gasteiger partial charge in [0.25, 0.3) is 5.91 Å². The summed E-state index contributed by atoms with van der Waals surface area (Å²) in [5, 5.41) is 6.70. The van der Waals surface area contributed by atoms with E-state index in [2.05, 4.69) is 22.8 Å². The molecular formula is C14H23N3O2. The van der Waals surface area contributed by atoms with Crippen LogP contribution in [0.2, 0.25) is 0 Å². The zero-order chi connectivity index (χ0) is 13.7. The highest BCUT2D eigenvalue weighted by molar-refractivity contribution is 6.39. The molecule has 1 aliphatic carbocycles. The molecule has 2 unspecified atom stereocenters. The minimum absolute atomic E-state index is 0.118. The van der Waals surface area contributed by atoms with Crippen molar-refractivity contribution in [1.82, 2.24) is 10.7 Å². The summed E-state index contributed by atoms with van der Waals surface area (Å²) in [6.45, 7) is 3.02. The average Bonchev–Trinajstić information content (AvgIpc) is 2.39. The predicted octanol–water partition coefficient (Wildman–Crippen LogP) is 1.58. The van der Waals surface area contributed by atoms with Gasteiger partial charge in [-0.25, -0.2) is 5.43 Å². The summed E-state index contributed by atoms with van der Waals surface area (Å²) in [6.07, 6.45) is 7.09. The van der Waals surface area contributed by atoms with Crippen LogP contribution in [0.5, 0.6) is 0 Å². The van der Waals surface area contributed by atoms with E-state index in [1.54, 1.807) is 0 Å². The van der Waals surface area contributed by atoms with Gasteiger partial charge < -0.3 is 5.32 Å². The lowest BCUT2D eigenvalue weighted by Gasteiger charge is -2.26. The van der Waals surface area contributed by atoms with Gasteiger partial charge in [0.1, 0.15) is 5.71 Å². The van der Waals surface area contributed by atoms with Gasteiger partial charge in [-0.3, -0.25) is 9.59 Å². The first-order valence-corrected chi connectivity index (χ1v) is 7.28. The molecule has 0 aromatic carbocycles. The molecule has 2 aliphatic rings. The first-order valence-electron chi connectivity index (χ1n) is 7.28. The van der Waals surface area contributed by atoms with Crippen molar-refractivity contribution in [2.24, 2.45) is 16.9 Å². The van der Waals surface area contributed by atoms with Crippen LogP contribution in [-0.2, 0) is 9.59 Å². The number of rotatable bonds is 4. The molecule has 2 N–H and O–H groups in total. The number of hydrogen-bond acceptors (Lipinski definition) is 3. The Morgan fingerprint density at radius 2 is 2.26 bits per heavy atom. The second-order valence-corrected chi connectivity index (χ2v) is 5.78. The molecule has 0 radical (unpaired) electrons. The van der Waals surface area contributed by atoms with Crippen LogP contribution in [0.4, 0.5) is 0 Å². The quantitative estimate of drug-likeness (QED) is 0.810. The molecule has 1 fully saturated rings. The summed E-state index contributed by atoms with van der Waals surface area (Å²) in [4.78, 5) is 22.8. The third kappa shape index (κ3) is 4.33. The van der Waals surface area contributed by atoms with E-state index in [0.717, 1.165) is 18.3 Å². The average molecular weight is 265 g/mol. The lowest BCUT2D eigenvalue weighted by molar-refractivity contribution is -0.121.